The molecule has 21 heavy (non-hydrogen) atoms. The quantitative estimate of drug-likeness (QED) is 0.807. The minimum Gasteiger partial charge on any atom is -0.453 e. The van der Waals surface area contributed by atoms with Gasteiger partial charge in [-0.05, 0) is 24.8 Å². The molecule has 2 saturated carbocycles. The fourth-order valence-corrected chi connectivity index (χ4v) is 4.85. The molecule has 110 valence electrons. The van der Waals surface area contributed by atoms with E-state index in [9.17, 15) is 9.59 Å². The van der Waals surface area contributed by atoms with E-state index in [0.717, 1.165) is 30.5 Å². The Morgan fingerprint density at radius 1 is 1.29 bits per heavy atom. The molecule has 2 aliphatic carbocycles. The Bertz CT molecular complexity index is 626. The number of para-hydroxylation sites is 1. The van der Waals surface area contributed by atoms with E-state index in [1.54, 1.807) is 0 Å². The molecule has 4 atom stereocenters. The maximum atomic E-state index is 12.6. The van der Waals surface area contributed by atoms with Crippen LogP contribution in [0.3, 0.4) is 0 Å². The highest BCUT2D eigenvalue weighted by atomic mass is 16.6. The normalized spacial score (nSPS) is 36.4. The predicted molar refractivity (Wildman–Crippen MR) is 77.5 cm³/mol. The highest BCUT2D eigenvalue weighted by Gasteiger charge is 2.70. The molecule has 4 rings (SSSR count). The zero-order valence-corrected chi connectivity index (χ0v) is 12.1. The minimum absolute atomic E-state index is 0.0121. The number of fused-ring (bicyclic) bond motifs is 6. The monoisotopic (exact) mass is 285 g/mol. The number of amides is 1. The largest absolute Gasteiger partial charge is 0.453 e. The lowest BCUT2D eigenvalue weighted by molar-refractivity contribution is -0.237. The first kappa shape index (κ1) is 12.9. The molecule has 4 heteroatoms. The van der Waals surface area contributed by atoms with Gasteiger partial charge in [0.05, 0.1) is 5.92 Å². The van der Waals surface area contributed by atoms with E-state index in [0.29, 0.717) is 5.92 Å². The number of nitrogens with one attached hydrogen (secondary N) is 1. The van der Waals surface area contributed by atoms with Gasteiger partial charge in [-0.2, -0.15) is 0 Å². The predicted octanol–water partition coefficient (Wildman–Crippen LogP) is 2.83. The Morgan fingerprint density at radius 2 is 2.05 bits per heavy atom. The molecule has 4 nitrogen and oxygen atoms in total. The van der Waals surface area contributed by atoms with Crippen LogP contribution in [0.15, 0.2) is 24.3 Å². The summed E-state index contributed by atoms with van der Waals surface area (Å²) in [5.74, 6) is 0.132. The number of rotatable bonds is 1. The molecule has 1 amide bonds. The highest BCUT2D eigenvalue weighted by molar-refractivity contribution is 5.99. The second-order valence-electron chi connectivity index (χ2n) is 6.45. The lowest BCUT2D eigenvalue weighted by atomic mass is 9.45. The molecule has 3 aliphatic rings. The van der Waals surface area contributed by atoms with Crippen molar-refractivity contribution < 1.29 is 14.3 Å². The van der Waals surface area contributed by atoms with Gasteiger partial charge in [-0.3, -0.25) is 9.59 Å². The second-order valence-corrected chi connectivity index (χ2v) is 6.45. The summed E-state index contributed by atoms with van der Waals surface area (Å²) in [7, 11) is 0. The van der Waals surface area contributed by atoms with Gasteiger partial charge in [-0.25, -0.2) is 0 Å². The summed E-state index contributed by atoms with van der Waals surface area (Å²) in [5.41, 5.74) is 1.05. The van der Waals surface area contributed by atoms with Crippen molar-refractivity contribution in [3.8, 4) is 0 Å². The molecule has 0 saturated heterocycles. The van der Waals surface area contributed by atoms with Gasteiger partial charge in [0, 0.05) is 24.1 Å². The number of esters is 1. The molecule has 2 fully saturated rings. The number of anilines is 1. The van der Waals surface area contributed by atoms with Gasteiger partial charge in [0.1, 0.15) is 0 Å². The summed E-state index contributed by atoms with van der Waals surface area (Å²) in [6.45, 7) is 1.44. The lowest BCUT2D eigenvalue weighted by Crippen LogP contribution is -2.68. The van der Waals surface area contributed by atoms with Crippen LogP contribution < -0.4 is 5.32 Å². The van der Waals surface area contributed by atoms with Gasteiger partial charge >= 0.3 is 5.97 Å². The number of carbonyl (C=O) groups is 2. The smallest absolute Gasteiger partial charge is 0.303 e. The van der Waals surface area contributed by atoms with Crippen molar-refractivity contribution in [2.75, 3.05) is 5.32 Å². The van der Waals surface area contributed by atoms with Crippen LogP contribution in [0, 0.1) is 17.8 Å². The number of carbonyl (C=O) groups excluding carboxylic acids is 2. The summed E-state index contributed by atoms with van der Waals surface area (Å²) >= 11 is 0. The minimum atomic E-state index is -0.726. The van der Waals surface area contributed by atoms with Crippen molar-refractivity contribution in [2.24, 2.45) is 17.8 Å². The van der Waals surface area contributed by atoms with E-state index in [2.05, 4.69) is 5.32 Å². The molecule has 0 aromatic heterocycles. The van der Waals surface area contributed by atoms with E-state index in [4.69, 9.17) is 4.74 Å². The lowest BCUT2D eigenvalue weighted by Gasteiger charge is -2.63. The topological polar surface area (TPSA) is 55.4 Å². The zero-order chi connectivity index (χ0) is 14.6. The number of hydrogen-bond acceptors (Lipinski definition) is 3. The molecule has 1 aromatic carbocycles. The molecule has 0 unspecified atom stereocenters. The van der Waals surface area contributed by atoms with Gasteiger partial charge in [0.2, 0.25) is 5.91 Å². The summed E-state index contributed by atoms with van der Waals surface area (Å²) < 4.78 is 5.84. The van der Waals surface area contributed by atoms with Gasteiger partial charge in [0.25, 0.3) is 0 Å². The van der Waals surface area contributed by atoms with Crippen LogP contribution in [0.25, 0.3) is 0 Å². The number of hydrogen-bond donors (Lipinski definition) is 1. The van der Waals surface area contributed by atoms with Crippen molar-refractivity contribution in [1.29, 1.82) is 0 Å². The van der Waals surface area contributed by atoms with E-state index < -0.39 is 5.60 Å². The van der Waals surface area contributed by atoms with Gasteiger partial charge in [-0.1, -0.05) is 31.0 Å². The average molecular weight is 285 g/mol. The molecule has 1 heterocycles. The maximum absolute atomic E-state index is 12.6. The third-order valence-electron chi connectivity index (χ3n) is 5.46. The van der Waals surface area contributed by atoms with Crippen molar-refractivity contribution in [1.82, 2.24) is 0 Å². The van der Waals surface area contributed by atoms with Gasteiger partial charge < -0.3 is 10.1 Å². The maximum Gasteiger partial charge on any atom is 0.303 e. The molecule has 0 spiro atoms. The van der Waals surface area contributed by atoms with Crippen molar-refractivity contribution >= 4 is 17.6 Å². The first-order chi connectivity index (χ1) is 10.1. The van der Waals surface area contributed by atoms with E-state index in [1.165, 1.54) is 13.3 Å². The van der Waals surface area contributed by atoms with Gasteiger partial charge in [0.15, 0.2) is 5.60 Å². The Labute approximate surface area is 123 Å². The first-order valence-corrected chi connectivity index (χ1v) is 7.74. The molecular weight excluding hydrogens is 266 g/mol. The molecule has 0 radical (unpaired) electrons. The SMILES string of the molecule is CC(=O)O[C@]12c3ccccc3NC(=O)[C@H]1[C@@H]1CCCC[C@@H]12. The Hall–Kier alpha value is -1.84. The summed E-state index contributed by atoms with van der Waals surface area (Å²) in [6.07, 6.45) is 4.42. The van der Waals surface area contributed by atoms with Crippen LogP contribution in [0.1, 0.15) is 38.2 Å². The molecule has 1 N–H and O–H groups in total. The van der Waals surface area contributed by atoms with Crippen LogP contribution in [0.2, 0.25) is 0 Å². The standard InChI is InChI=1S/C17H19NO3/c1-10(19)21-17-12-7-3-2-6-11(12)15(17)16(20)18-14-9-5-4-8-13(14)17/h4-5,8-9,11-12,15H,2-3,6-7H2,1H3,(H,18,20)/t11-,12+,15-,17-/m1/s1. The number of benzene rings is 1. The van der Waals surface area contributed by atoms with Crippen molar-refractivity contribution in [3.63, 3.8) is 0 Å². The van der Waals surface area contributed by atoms with Crippen LogP contribution in [0.5, 0.6) is 0 Å². The Balaban J connectivity index is 1.88. The average Bonchev–Trinajstić information content (AvgIpc) is 2.45. The summed E-state index contributed by atoms with van der Waals surface area (Å²) in [4.78, 5) is 24.3. The molecule has 1 aromatic rings. The van der Waals surface area contributed by atoms with E-state index >= 15 is 0 Å². The summed E-state index contributed by atoms with van der Waals surface area (Å²) in [5, 5.41) is 2.99. The third kappa shape index (κ3) is 1.56. The zero-order valence-electron chi connectivity index (χ0n) is 12.1. The fourth-order valence-electron chi connectivity index (χ4n) is 4.85. The van der Waals surface area contributed by atoms with Crippen LogP contribution in [0.4, 0.5) is 5.69 Å². The molecule has 0 bridgehead atoms. The Morgan fingerprint density at radius 3 is 2.86 bits per heavy atom. The van der Waals surface area contributed by atoms with Gasteiger partial charge in [-0.15, -0.1) is 0 Å². The van der Waals surface area contributed by atoms with Crippen LogP contribution >= 0.6 is 0 Å². The Kier molecular flexibility index (Phi) is 2.65. The van der Waals surface area contributed by atoms with E-state index in [1.807, 2.05) is 24.3 Å². The number of ether oxygens (including phenoxy) is 1. The molecular formula is C17H19NO3. The van der Waals surface area contributed by atoms with Crippen LogP contribution in [-0.4, -0.2) is 11.9 Å². The van der Waals surface area contributed by atoms with Crippen LogP contribution in [-0.2, 0) is 19.9 Å². The first-order valence-electron chi connectivity index (χ1n) is 7.74. The highest BCUT2D eigenvalue weighted by Crippen LogP contribution is 2.65. The summed E-state index contributed by atoms with van der Waals surface area (Å²) in [6, 6.07) is 7.74. The third-order valence-corrected chi connectivity index (χ3v) is 5.46. The van der Waals surface area contributed by atoms with Crippen molar-refractivity contribution in [3.05, 3.63) is 29.8 Å². The fraction of sp³-hybridized carbons (Fsp3) is 0.529. The second kappa shape index (κ2) is 4.33. The van der Waals surface area contributed by atoms with Crippen molar-refractivity contribution in [2.45, 2.75) is 38.2 Å². The molecule has 1 aliphatic heterocycles. The van der Waals surface area contributed by atoms with E-state index in [-0.39, 0.29) is 23.7 Å².